The Morgan fingerprint density at radius 2 is 1.72 bits per heavy atom. The average Bonchev–Trinajstić information content (AvgIpc) is 2.32. The fourth-order valence-corrected chi connectivity index (χ4v) is 2.26. The Labute approximate surface area is 108 Å². The highest BCUT2D eigenvalue weighted by atomic mass is 31.1. The molecule has 1 atom stereocenters. The van der Waals surface area contributed by atoms with E-state index in [9.17, 15) is 0 Å². The molecule has 0 radical (unpaired) electrons. The zero-order valence-corrected chi connectivity index (χ0v) is 11.3. The molecular weight excluding hydrogens is 245 g/mol. The van der Waals surface area contributed by atoms with Gasteiger partial charge in [0, 0.05) is 0 Å². The molecule has 0 fully saturated rings. The quantitative estimate of drug-likeness (QED) is 0.799. The van der Waals surface area contributed by atoms with E-state index in [2.05, 4.69) is 0 Å². The summed E-state index contributed by atoms with van der Waals surface area (Å²) >= 11 is 0. The molecule has 0 saturated heterocycles. The summed E-state index contributed by atoms with van der Waals surface area (Å²) in [5.74, 6) is 1.37. The van der Waals surface area contributed by atoms with Gasteiger partial charge in [-0.1, -0.05) is 30.3 Å². The van der Waals surface area contributed by atoms with Crippen LogP contribution in [0.2, 0.25) is 0 Å². The Hall–Kier alpha value is -1.86. The number of rotatable bonds is 4. The van der Waals surface area contributed by atoms with E-state index in [1.165, 1.54) is 0 Å². The van der Waals surface area contributed by atoms with Crippen LogP contribution in [0.1, 0.15) is 11.1 Å². The fourth-order valence-electron chi connectivity index (χ4n) is 1.53. The molecule has 2 aromatic rings. The Morgan fingerprint density at radius 3 is 2.44 bits per heavy atom. The van der Waals surface area contributed by atoms with Gasteiger partial charge in [-0.2, -0.15) is 0 Å². The lowest BCUT2D eigenvalue weighted by Crippen LogP contribution is -1.90. The smallest absolute Gasteiger partial charge is 0.236 e. The van der Waals surface area contributed by atoms with Gasteiger partial charge in [-0.3, -0.25) is 0 Å². The Morgan fingerprint density at radius 1 is 0.944 bits per heavy atom. The topological polar surface area (TPSA) is 42.3 Å². The first-order chi connectivity index (χ1) is 8.65. The summed E-state index contributed by atoms with van der Waals surface area (Å²) in [4.78, 5) is 0. The Bertz CT molecular complexity index is 569. The summed E-state index contributed by atoms with van der Waals surface area (Å²) in [5.41, 5.74) is 2.11. The molecular formula is C14H15NO2P+. The first kappa shape index (κ1) is 12.6. The first-order valence-corrected chi connectivity index (χ1v) is 6.82. The summed E-state index contributed by atoms with van der Waals surface area (Å²) in [5, 5.41) is 7.83. The van der Waals surface area contributed by atoms with Crippen LogP contribution in [0.15, 0.2) is 48.5 Å². The van der Waals surface area contributed by atoms with Gasteiger partial charge in [0.05, 0.1) is 0 Å². The van der Waals surface area contributed by atoms with E-state index in [1.807, 2.05) is 62.4 Å². The molecule has 1 unspecified atom stereocenters. The molecule has 0 saturated carbocycles. The van der Waals surface area contributed by atoms with Crippen molar-refractivity contribution >= 4 is 8.17 Å². The van der Waals surface area contributed by atoms with Crippen molar-refractivity contribution in [3.63, 3.8) is 0 Å². The normalized spacial score (nSPS) is 10.9. The third kappa shape index (κ3) is 3.31. The van der Waals surface area contributed by atoms with Gasteiger partial charge in [-0.05, 0) is 48.3 Å². The van der Waals surface area contributed by atoms with Crippen LogP contribution in [0.4, 0.5) is 0 Å². The van der Waals surface area contributed by atoms with E-state index in [-0.39, 0.29) is 0 Å². The van der Waals surface area contributed by atoms with Crippen molar-refractivity contribution in [1.82, 2.24) is 0 Å². The minimum Gasteiger partial charge on any atom is -0.236 e. The Kier molecular flexibility index (Phi) is 3.96. The van der Waals surface area contributed by atoms with Gasteiger partial charge in [0.1, 0.15) is 0 Å². The molecule has 92 valence electrons. The van der Waals surface area contributed by atoms with E-state index in [0.29, 0.717) is 11.5 Å². The van der Waals surface area contributed by atoms with Crippen LogP contribution in [-0.2, 0) is 0 Å². The molecule has 4 heteroatoms. The highest BCUT2D eigenvalue weighted by Gasteiger charge is 2.19. The molecule has 0 aromatic heterocycles. The van der Waals surface area contributed by atoms with Crippen molar-refractivity contribution in [2.45, 2.75) is 13.8 Å². The van der Waals surface area contributed by atoms with Crippen molar-refractivity contribution in [3.8, 4) is 11.5 Å². The third-order valence-corrected chi connectivity index (χ3v) is 3.19. The molecule has 0 bridgehead atoms. The summed E-state index contributed by atoms with van der Waals surface area (Å²) in [6, 6.07) is 15.2. The predicted molar refractivity (Wildman–Crippen MR) is 73.3 cm³/mol. The van der Waals surface area contributed by atoms with E-state index < -0.39 is 8.17 Å². The number of hydrogen-bond acceptors (Lipinski definition) is 3. The summed E-state index contributed by atoms with van der Waals surface area (Å²) < 4.78 is 11.0. The summed E-state index contributed by atoms with van der Waals surface area (Å²) in [6.45, 7) is 3.94. The highest BCUT2D eigenvalue weighted by Crippen LogP contribution is 2.32. The van der Waals surface area contributed by atoms with Crippen LogP contribution in [0.25, 0.3) is 0 Å². The van der Waals surface area contributed by atoms with E-state index in [4.69, 9.17) is 14.2 Å². The summed E-state index contributed by atoms with van der Waals surface area (Å²) in [7, 11) is -1.71. The number of nitrogens with one attached hydrogen (secondary N) is 1. The van der Waals surface area contributed by atoms with Gasteiger partial charge in [0.25, 0.3) is 0 Å². The highest BCUT2D eigenvalue weighted by molar-refractivity contribution is 7.35. The molecule has 18 heavy (non-hydrogen) atoms. The van der Waals surface area contributed by atoms with Gasteiger partial charge in [0.15, 0.2) is 11.5 Å². The lowest BCUT2D eigenvalue weighted by Gasteiger charge is -1.99. The van der Waals surface area contributed by atoms with Gasteiger partial charge < -0.3 is 0 Å². The SMILES string of the molecule is Cc1cccc(O[P+](=N)Oc2ccccc2C)c1. The molecule has 1 N–H and O–H groups in total. The zero-order chi connectivity index (χ0) is 13.0. The second-order valence-electron chi connectivity index (χ2n) is 4.02. The number of para-hydroxylation sites is 1. The maximum Gasteiger partial charge on any atom is 0.664 e. The molecule has 0 aliphatic heterocycles. The maximum atomic E-state index is 7.83. The monoisotopic (exact) mass is 260 g/mol. The van der Waals surface area contributed by atoms with Crippen LogP contribution in [0.5, 0.6) is 11.5 Å². The van der Waals surface area contributed by atoms with E-state index in [0.717, 1.165) is 11.1 Å². The molecule has 0 aliphatic carbocycles. The number of benzene rings is 2. The molecule has 0 spiro atoms. The van der Waals surface area contributed by atoms with E-state index >= 15 is 0 Å². The third-order valence-electron chi connectivity index (χ3n) is 2.45. The minimum atomic E-state index is -1.71. The lowest BCUT2D eigenvalue weighted by molar-refractivity contribution is 0.496. The molecule has 0 heterocycles. The Balaban J connectivity index is 2.03. The van der Waals surface area contributed by atoms with Gasteiger partial charge in [-0.15, -0.1) is 0 Å². The molecule has 0 aliphatic rings. The molecule has 2 rings (SSSR count). The zero-order valence-electron chi connectivity index (χ0n) is 10.4. The van der Waals surface area contributed by atoms with Crippen LogP contribution in [-0.4, -0.2) is 0 Å². The van der Waals surface area contributed by atoms with Gasteiger partial charge in [0.2, 0.25) is 0 Å². The van der Waals surface area contributed by atoms with Crippen molar-refractivity contribution < 1.29 is 9.05 Å². The van der Waals surface area contributed by atoms with Gasteiger partial charge >= 0.3 is 8.17 Å². The molecule has 3 nitrogen and oxygen atoms in total. The largest absolute Gasteiger partial charge is 0.664 e. The molecule has 2 aromatic carbocycles. The minimum absolute atomic E-state index is 0.671. The standard InChI is InChI=1S/C14H15NO2P/c1-11-6-5-8-13(10-11)16-18(15)17-14-9-4-3-7-12(14)2/h3-10,15H,1-2H3/q+1. The van der Waals surface area contributed by atoms with Crippen molar-refractivity contribution in [1.29, 1.82) is 5.16 Å². The van der Waals surface area contributed by atoms with Crippen LogP contribution >= 0.6 is 8.17 Å². The predicted octanol–water partition coefficient (Wildman–Crippen LogP) is 4.84. The van der Waals surface area contributed by atoms with E-state index in [1.54, 1.807) is 0 Å². The first-order valence-electron chi connectivity index (χ1n) is 5.65. The maximum absolute atomic E-state index is 7.83. The lowest BCUT2D eigenvalue weighted by atomic mass is 10.2. The van der Waals surface area contributed by atoms with Crippen molar-refractivity contribution in [2.75, 3.05) is 0 Å². The van der Waals surface area contributed by atoms with Crippen molar-refractivity contribution in [3.05, 3.63) is 59.7 Å². The average molecular weight is 260 g/mol. The number of hydrogen-bond donors (Lipinski definition) is 1. The van der Waals surface area contributed by atoms with Crippen molar-refractivity contribution in [2.24, 2.45) is 0 Å². The van der Waals surface area contributed by atoms with Gasteiger partial charge in [-0.25, -0.2) is 9.05 Å². The molecule has 0 amide bonds. The van der Waals surface area contributed by atoms with Crippen LogP contribution in [0, 0.1) is 19.0 Å². The van der Waals surface area contributed by atoms with Crippen LogP contribution < -0.4 is 9.05 Å². The number of aryl methyl sites for hydroxylation is 2. The second kappa shape index (κ2) is 5.65. The fraction of sp³-hybridized carbons (Fsp3) is 0.143. The van der Waals surface area contributed by atoms with Crippen LogP contribution in [0.3, 0.4) is 0 Å². The summed E-state index contributed by atoms with van der Waals surface area (Å²) in [6.07, 6.45) is 0. The second-order valence-corrected chi connectivity index (χ2v) is 4.90.